The van der Waals surface area contributed by atoms with Crippen LogP contribution in [0.1, 0.15) is 64.2 Å². The Morgan fingerprint density at radius 2 is 1.58 bits per heavy atom. The average molecular weight is 584 g/mol. The number of hydrogen-bond donors (Lipinski definition) is 0. The van der Waals surface area contributed by atoms with Gasteiger partial charge in [0.25, 0.3) is 5.70 Å². The molecule has 0 N–H and O–H groups in total. The summed E-state index contributed by atoms with van der Waals surface area (Å²) in [5.41, 5.74) is 7.72. The Balaban J connectivity index is 1.59. The molecule has 2 aliphatic heterocycles. The Labute approximate surface area is 259 Å². The molecular weight excluding hydrogens is 547 g/mol. The smallest absolute Gasteiger partial charge is 0.269 e. The number of nitriles is 1. The molecule has 1 fully saturated rings. The molecule has 0 radical (unpaired) electrons. The summed E-state index contributed by atoms with van der Waals surface area (Å²) in [6.07, 6.45) is 10.6. The molecule has 0 saturated carbocycles. The lowest BCUT2D eigenvalue weighted by Crippen LogP contribution is -2.28. The first-order valence-electron chi connectivity index (χ1n) is 15.3. The zero-order valence-corrected chi connectivity index (χ0v) is 26.1. The largest absolute Gasteiger partial charge is 0.461 e. The zero-order chi connectivity index (χ0) is 30.0. The molecule has 6 rings (SSSR count). The summed E-state index contributed by atoms with van der Waals surface area (Å²) in [6.45, 7) is 16.2. The zero-order valence-electron chi connectivity index (χ0n) is 25.2. The molecule has 5 heteroatoms. The second-order valence-corrected chi connectivity index (χ2v) is 13.5. The summed E-state index contributed by atoms with van der Waals surface area (Å²) in [5, 5.41) is 11.2. The first-order valence-corrected chi connectivity index (χ1v) is 16.1. The monoisotopic (exact) mass is 583 g/mol. The summed E-state index contributed by atoms with van der Waals surface area (Å²) in [4.78, 5) is 7.42. The van der Waals surface area contributed by atoms with Gasteiger partial charge in [0.1, 0.15) is 16.5 Å². The Morgan fingerprint density at radius 3 is 2.19 bits per heavy atom. The van der Waals surface area contributed by atoms with E-state index in [1.807, 2.05) is 17.4 Å². The molecule has 0 amide bonds. The molecule has 216 valence electrons. The summed E-state index contributed by atoms with van der Waals surface area (Å²) in [7, 11) is 0. The summed E-state index contributed by atoms with van der Waals surface area (Å²) < 4.78 is 6.71. The fraction of sp³-hybridized carbons (Fsp3) is 0.316. The van der Waals surface area contributed by atoms with Gasteiger partial charge in [-0.05, 0) is 73.0 Å². The highest BCUT2D eigenvalue weighted by Crippen LogP contribution is 2.51. The minimum Gasteiger partial charge on any atom is -0.461 e. The van der Waals surface area contributed by atoms with Gasteiger partial charge in [-0.15, -0.1) is 11.3 Å². The van der Waals surface area contributed by atoms with Crippen molar-refractivity contribution in [2.24, 2.45) is 5.41 Å². The van der Waals surface area contributed by atoms with Crippen LogP contribution in [0.3, 0.4) is 0 Å². The predicted molar refractivity (Wildman–Crippen MR) is 178 cm³/mol. The fourth-order valence-electron chi connectivity index (χ4n) is 6.26. The molecule has 1 aliphatic carbocycles. The average Bonchev–Trinajstić information content (AvgIpc) is 3.41. The second-order valence-electron chi connectivity index (χ2n) is 12.5. The van der Waals surface area contributed by atoms with Crippen molar-refractivity contribution in [2.45, 2.75) is 59.3 Å². The number of ether oxygens (including phenoxy) is 1. The number of benzene rings is 2. The number of rotatable bonds is 4. The molecule has 3 aliphatic rings. The SMILES string of the molecule is [C-]#[N+]/C(C#N)=C1\C=C(C(C)(C)C)OC2=C1CCC/C2=C\c1sc(N2CCCCC2)c(-c2ccccc2)c1-c1ccccc1. The molecule has 3 heterocycles. The molecule has 0 unspecified atom stereocenters. The van der Waals surface area contributed by atoms with Gasteiger partial charge in [0, 0.05) is 40.1 Å². The van der Waals surface area contributed by atoms with E-state index in [1.54, 1.807) is 0 Å². The van der Waals surface area contributed by atoms with E-state index in [1.165, 1.54) is 51.4 Å². The van der Waals surface area contributed by atoms with Gasteiger partial charge in [0.2, 0.25) is 0 Å². The molecule has 0 atom stereocenters. The lowest BCUT2D eigenvalue weighted by Gasteiger charge is -2.33. The van der Waals surface area contributed by atoms with Crippen LogP contribution in [-0.2, 0) is 4.74 Å². The van der Waals surface area contributed by atoms with Crippen LogP contribution in [0.4, 0.5) is 5.00 Å². The molecule has 3 aromatic rings. The van der Waals surface area contributed by atoms with E-state index < -0.39 is 0 Å². The Bertz CT molecular complexity index is 1710. The van der Waals surface area contributed by atoms with E-state index >= 15 is 0 Å². The Hall–Kier alpha value is -4.32. The van der Waals surface area contributed by atoms with Gasteiger partial charge in [-0.3, -0.25) is 0 Å². The third kappa shape index (κ3) is 5.71. The van der Waals surface area contributed by atoms with Crippen LogP contribution >= 0.6 is 11.3 Å². The second kappa shape index (κ2) is 12.1. The Kier molecular flexibility index (Phi) is 8.11. The maximum atomic E-state index is 9.85. The molecule has 4 nitrogen and oxygen atoms in total. The molecule has 1 saturated heterocycles. The van der Waals surface area contributed by atoms with Crippen LogP contribution < -0.4 is 4.90 Å². The van der Waals surface area contributed by atoms with Crippen LogP contribution in [0.2, 0.25) is 0 Å². The first kappa shape index (κ1) is 28.8. The topological polar surface area (TPSA) is 40.6 Å². The van der Waals surface area contributed by atoms with Crippen LogP contribution in [0.25, 0.3) is 33.2 Å². The van der Waals surface area contributed by atoms with Gasteiger partial charge in [0.05, 0.1) is 12.6 Å². The maximum Gasteiger partial charge on any atom is 0.269 e. The van der Waals surface area contributed by atoms with Crippen molar-refractivity contribution >= 4 is 22.4 Å². The van der Waals surface area contributed by atoms with E-state index in [4.69, 9.17) is 11.3 Å². The number of piperidine rings is 1. The highest BCUT2D eigenvalue weighted by atomic mass is 32.1. The molecule has 1 aromatic heterocycles. The highest BCUT2D eigenvalue weighted by molar-refractivity contribution is 7.18. The maximum absolute atomic E-state index is 9.85. The minimum atomic E-state index is -0.269. The highest BCUT2D eigenvalue weighted by Gasteiger charge is 2.33. The van der Waals surface area contributed by atoms with Gasteiger partial charge >= 0.3 is 0 Å². The van der Waals surface area contributed by atoms with Crippen molar-refractivity contribution in [3.63, 3.8) is 0 Å². The number of nitrogens with zero attached hydrogens (tertiary/aromatic N) is 3. The van der Waals surface area contributed by atoms with Crippen molar-refractivity contribution < 1.29 is 4.74 Å². The van der Waals surface area contributed by atoms with Gasteiger partial charge in [0.15, 0.2) is 0 Å². The standard InChI is InChI=1S/C38H37N3OS/c1-38(2,3)33-24-30(31(25-39)40-4)29-20-14-19-28(36(29)42-33)23-32-34(26-15-8-5-9-16-26)35(27-17-10-6-11-18-27)37(43-32)41-21-12-7-13-22-41/h5-6,8-11,15-18,23-24H,7,12-14,19-22H2,1-3H3/b28-23+,31-30+. The lowest BCUT2D eigenvalue weighted by molar-refractivity contribution is 0.212. The minimum absolute atomic E-state index is 0.138. The van der Waals surface area contributed by atoms with E-state index in [-0.39, 0.29) is 11.1 Å². The molecule has 0 bridgehead atoms. The molecule has 2 aromatic carbocycles. The number of anilines is 1. The third-order valence-electron chi connectivity index (χ3n) is 8.45. The van der Waals surface area contributed by atoms with Crippen molar-refractivity contribution in [1.29, 1.82) is 5.26 Å². The summed E-state index contributed by atoms with van der Waals surface area (Å²) in [6, 6.07) is 23.7. The first-order chi connectivity index (χ1) is 20.9. The van der Waals surface area contributed by atoms with Crippen LogP contribution in [0.15, 0.2) is 101 Å². The number of allylic oxidation sites excluding steroid dienone is 6. The predicted octanol–water partition coefficient (Wildman–Crippen LogP) is 10.6. The summed E-state index contributed by atoms with van der Waals surface area (Å²) >= 11 is 1.88. The van der Waals surface area contributed by atoms with Crippen molar-refractivity contribution in [2.75, 3.05) is 18.0 Å². The van der Waals surface area contributed by atoms with Crippen molar-refractivity contribution in [3.8, 4) is 28.3 Å². The van der Waals surface area contributed by atoms with E-state index in [2.05, 4.69) is 103 Å². The van der Waals surface area contributed by atoms with Crippen LogP contribution in [0.5, 0.6) is 0 Å². The number of thiophene rings is 1. The van der Waals surface area contributed by atoms with Gasteiger partial charge in [-0.1, -0.05) is 81.4 Å². The quantitative estimate of drug-likeness (QED) is 0.227. The van der Waals surface area contributed by atoms with Crippen LogP contribution in [-0.4, -0.2) is 13.1 Å². The van der Waals surface area contributed by atoms with Crippen molar-refractivity contribution in [1.82, 2.24) is 0 Å². The van der Waals surface area contributed by atoms with Gasteiger partial charge in [-0.25, -0.2) is 10.1 Å². The van der Waals surface area contributed by atoms with Gasteiger partial charge in [-0.2, -0.15) is 0 Å². The third-order valence-corrected chi connectivity index (χ3v) is 9.65. The van der Waals surface area contributed by atoms with E-state index in [0.29, 0.717) is 0 Å². The summed E-state index contributed by atoms with van der Waals surface area (Å²) in [5.74, 6) is 1.62. The molecular formula is C38H37N3OS. The normalized spacial score (nSPS) is 19.2. The molecule has 0 spiro atoms. The fourth-order valence-corrected chi connectivity index (χ4v) is 7.63. The number of hydrogen-bond acceptors (Lipinski definition) is 4. The van der Waals surface area contributed by atoms with Crippen molar-refractivity contribution in [3.05, 3.63) is 117 Å². The van der Waals surface area contributed by atoms with E-state index in [9.17, 15) is 5.26 Å². The Morgan fingerprint density at radius 1 is 0.930 bits per heavy atom. The van der Waals surface area contributed by atoms with E-state index in [0.717, 1.165) is 60.6 Å². The van der Waals surface area contributed by atoms with Gasteiger partial charge < -0.3 is 9.64 Å². The van der Waals surface area contributed by atoms with Crippen LogP contribution in [0, 0.1) is 23.3 Å². The molecule has 43 heavy (non-hydrogen) atoms. The lowest BCUT2D eigenvalue weighted by atomic mass is 9.82.